The van der Waals surface area contributed by atoms with Crippen LogP contribution >= 0.6 is 23.4 Å². The second kappa shape index (κ2) is 7.77. The number of hydrogen-bond donors (Lipinski definition) is 1. The van der Waals surface area contributed by atoms with E-state index in [1.165, 1.54) is 18.1 Å². The summed E-state index contributed by atoms with van der Waals surface area (Å²) in [6.45, 7) is 0. The van der Waals surface area contributed by atoms with Gasteiger partial charge in [-0.25, -0.2) is 14.6 Å². The normalized spacial score (nSPS) is 10.9. The molecule has 6 nitrogen and oxygen atoms in total. The molecule has 0 unspecified atom stereocenters. The lowest BCUT2D eigenvalue weighted by Crippen LogP contribution is -2.14. The van der Waals surface area contributed by atoms with E-state index in [0.29, 0.717) is 15.7 Å². The summed E-state index contributed by atoms with van der Waals surface area (Å²) < 4.78 is 1.71. The number of benzene rings is 2. The maximum absolute atomic E-state index is 12.2. The van der Waals surface area contributed by atoms with Crippen LogP contribution in [0.15, 0.2) is 72.1 Å². The van der Waals surface area contributed by atoms with Gasteiger partial charge in [-0.3, -0.25) is 4.79 Å². The fourth-order valence-electron chi connectivity index (χ4n) is 2.59. The summed E-state index contributed by atoms with van der Waals surface area (Å²) in [4.78, 5) is 20.8. The highest BCUT2D eigenvalue weighted by Crippen LogP contribution is 2.26. The summed E-state index contributed by atoms with van der Waals surface area (Å²) in [6.07, 6.45) is 3.18. The Balaban J connectivity index is 1.54. The second-order valence-electron chi connectivity index (χ2n) is 5.66. The molecule has 1 amide bonds. The number of amides is 1. The molecule has 0 saturated heterocycles. The van der Waals surface area contributed by atoms with Crippen molar-refractivity contribution in [3.63, 3.8) is 0 Å². The average Bonchev–Trinajstić information content (AvgIpc) is 3.12. The number of nitrogens with one attached hydrogen (secondary N) is 1. The van der Waals surface area contributed by atoms with E-state index in [-0.39, 0.29) is 11.7 Å². The predicted molar refractivity (Wildman–Crippen MR) is 107 cm³/mol. The van der Waals surface area contributed by atoms with Crippen molar-refractivity contribution in [2.45, 2.75) is 5.03 Å². The summed E-state index contributed by atoms with van der Waals surface area (Å²) in [5, 5.41) is 9.38. The van der Waals surface area contributed by atoms with Gasteiger partial charge in [0, 0.05) is 10.7 Å². The predicted octanol–water partition coefficient (Wildman–Crippen LogP) is 4.20. The molecule has 4 aromatic rings. The van der Waals surface area contributed by atoms with Crippen LogP contribution in [-0.2, 0) is 4.79 Å². The van der Waals surface area contributed by atoms with E-state index in [0.717, 1.165) is 16.8 Å². The SMILES string of the molecule is O=C(CSc1ncnc2c1cnn2-c1cccc(Cl)c1)Nc1ccccc1. The van der Waals surface area contributed by atoms with Gasteiger partial charge in [0.15, 0.2) is 5.65 Å². The van der Waals surface area contributed by atoms with Crippen molar-refractivity contribution in [1.29, 1.82) is 0 Å². The minimum Gasteiger partial charge on any atom is -0.325 e. The Morgan fingerprint density at radius 2 is 1.96 bits per heavy atom. The number of rotatable bonds is 5. The first-order valence-electron chi connectivity index (χ1n) is 8.13. The first-order chi connectivity index (χ1) is 13.2. The number of para-hydroxylation sites is 1. The lowest BCUT2D eigenvalue weighted by molar-refractivity contribution is -0.113. The second-order valence-corrected chi connectivity index (χ2v) is 7.06. The molecule has 0 aliphatic heterocycles. The maximum Gasteiger partial charge on any atom is 0.234 e. The molecule has 0 fully saturated rings. The highest BCUT2D eigenvalue weighted by Gasteiger charge is 2.13. The van der Waals surface area contributed by atoms with Crippen molar-refractivity contribution in [2.75, 3.05) is 11.1 Å². The highest BCUT2D eigenvalue weighted by molar-refractivity contribution is 8.00. The fourth-order valence-corrected chi connectivity index (χ4v) is 3.53. The summed E-state index contributed by atoms with van der Waals surface area (Å²) in [6, 6.07) is 16.7. The minimum absolute atomic E-state index is 0.0970. The maximum atomic E-state index is 12.2. The molecule has 0 aliphatic carbocycles. The summed E-state index contributed by atoms with van der Waals surface area (Å²) in [5.74, 6) is 0.142. The van der Waals surface area contributed by atoms with E-state index < -0.39 is 0 Å². The third kappa shape index (κ3) is 3.94. The van der Waals surface area contributed by atoms with Crippen LogP contribution in [0.1, 0.15) is 0 Å². The Morgan fingerprint density at radius 3 is 2.78 bits per heavy atom. The third-order valence-electron chi connectivity index (χ3n) is 3.78. The molecule has 1 N–H and O–H groups in total. The minimum atomic E-state index is -0.0970. The van der Waals surface area contributed by atoms with Crippen LogP contribution in [0.2, 0.25) is 5.02 Å². The number of carbonyl (C=O) groups is 1. The Bertz CT molecular complexity index is 1100. The van der Waals surface area contributed by atoms with Gasteiger partial charge in [0.2, 0.25) is 5.91 Å². The Kier molecular flexibility index (Phi) is 5.04. The molecule has 0 bridgehead atoms. The number of nitrogens with zero attached hydrogens (tertiary/aromatic N) is 4. The standard InChI is InChI=1S/C19H14ClN5OS/c20-13-5-4-8-15(9-13)25-18-16(10-23-25)19(22-12-21-18)27-11-17(26)24-14-6-2-1-3-7-14/h1-10,12H,11H2,(H,24,26). The first kappa shape index (κ1) is 17.5. The number of anilines is 1. The molecule has 134 valence electrons. The first-order valence-corrected chi connectivity index (χ1v) is 9.49. The zero-order valence-corrected chi connectivity index (χ0v) is 15.6. The zero-order chi connectivity index (χ0) is 18.6. The van der Waals surface area contributed by atoms with Gasteiger partial charge in [-0.2, -0.15) is 5.10 Å². The quantitative estimate of drug-likeness (QED) is 0.405. The van der Waals surface area contributed by atoms with Crippen molar-refractivity contribution in [1.82, 2.24) is 19.7 Å². The molecule has 27 heavy (non-hydrogen) atoms. The number of fused-ring (bicyclic) bond motifs is 1. The van der Waals surface area contributed by atoms with E-state index in [1.807, 2.05) is 48.5 Å². The van der Waals surface area contributed by atoms with Gasteiger partial charge in [0.05, 0.1) is 23.0 Å². The molecule has 0 saturated carbocycles. The van der Waals surface area contributed by atoms with Gasteiger partial charge in [0.1, 0.15) is 11.4 Å². The highest BCUT2D eigenvalue weighted by atomic mass is 35.5. The molecule has 0 radical (unpaired) electrons. The van der Waals surface area contributed by atoms with E-state index in [2.05, 4.69) is 20.4 Å². The van der Waals surface area contributed by atoms with E-state index in [4.69, 9.17) is 11.6 Å². The van der Waals surface area contributed by atoms with Crippen LogP contribution in [0.4, 0.5) is 5.69 Å². The largest absolute Gasteiger partial charge is 0.325 e. The topological polar surface area (TPSA) is 72.7 Å². The molecule has 0 aliphatic rings. The summed E-state index contributed by atoms with van der Waals surface area (Å²) >= 11 is 7.42. The lowest BCUT2D eigenvalue weighted by atomic mass is 10.3. The Labute approximate surface area is 164 Å². The zero-order valence-electron chi connectivity index (χ0n) is 14.0. The van der Waals surface area contributed by atoms with Gasteiger partial charge >= 0.3 is 0 Å². The molecule has 2 aromatic heterocycles. The Hall–Kier alpha value is -2.90. The molecule has 2 aromatic carbocycles. The van der Waals surface area contributed by atoms with Gasteiger partial charge in [-0.15, -0.1) is 0 Å². The number of thioether (sulfide) groups is 1. The van der Waals surface area contributed by atoms with Crippen LogP contribution in [0.3, 0.4) is 0 Å². The van der Waals surface area contributed by atoms with E-state index >= 15 is 0 Å². The third-order valence-corrected chi connectivity index (χ3v) is 5.02. The number of carbonyl (C=O) groups excluding carboxylic acids is 1. The fraction of sp³-hybridized carbons (Fsp3) is 0.0526. The van der Waals surface area contributed by atoms with Crippen LogP contribution in [0, 0.1) is 0 Å². The molecular formula is C19H14ClN5OS. The lowest BCUT2D eigenvalue weighted by Gasteiger charge is -2.06. The van der Waals surface area contributed by atoms with Gasteiger partial charge in [0.25, 0.3) is 0 Å². The average molecular weight is 396 g/mol. The van der Waals surface area contributed by atoms with E-state index in [9.17, 15) is 4.79 Å². The molecule has 8 heteroatoms. The summed E-state index contributed by atoms with van der Waals surface area (Å²) in [7, 11) is 0. The van der Waals surface area contributed by atoms with Gasteiger partial charge in [-0.1, -0.05) is 47.6 Å². The molecule has 0 atom stereocenters. The van der Waals surface area contributed by atoms with Crippen molar-refractivity contribution < 1.29 is 4.79 Å². The molecule has 4 rings (SSSR count). The van der Waals surface area contributed by atoms with Crippen molar-refractivity contribution in [2.24, 2.45) is 0 Å². The van der Waals surface area contributed by atoms with Crippen molar-refractivity contribution in [3.05, 3.63) is 72.1 Å². The monoisotopic (exact) mass is 395 g/mol. The van der Waals surface area contributed by atoms with Crippen molar-refractivity contribution in [3.8, 4) is 5.69 Å². The van der Waals surface area contributed by atoms with Gasteiger partial charge < -0.3 is 5.32 Å². The molecule has 2 heterocycles. The smallest absolute Gasteiger partial charge is 0.234 e. The van der Waals surface area contributed by atoms with Crippen LogP contribution in [0.25, 0.3) is 16.7 Å². The van der Waals surface area contributed by atoms with Crippen LogP contribution in [0.5, 0.6) is 0 Å². The Morgan fingerprint density at radius 1 is 1.11 bits per heavy atom. The number of aromatic nitrogens is 4. The van der Waals surface area contributed by atoms with Crippen molar-refractivity contribution >= 4 is 46.0 Å². The van der Waals surface area contributed by atoms with Crippen LogP contribution < -0.4 is 5.32 Å². The number of halogens is 1. The molecular weight excluding hydrogens is 382 g/mol. The molecule has 0 spiro atoms. The van der Waals surface area contributed by atoms with Crippen LogP contribution in [-0.4, -0.2) is 31.4 Å². The number of hydrogen-bond acceptors (Lipinski definition) is 5. The van der Waals surface area contributed by atoms with Gasteiger partial charge in [-0.05, 0) is 30.3 Å². The van der Waals surface area contributed by atoms with E-state index in [1.54, 1.807) is 16.9 Å². The summed E-state index contributed by atoms with van der Waals surface area (Å²) in [5.41, 5.74) is 2.25.